The summed E-state index contributed by atoms with van der Waals surface area (Å²) in [6, 6.07) is 9.92. The fourth-order valence-corrected chi connectivity index (χ4v) is 2.24. The highest BCUT2D eigenvalue weighted by Crippen LogP contribution is 2.23. The van der Waals surface area contributed by atoms with Crippen molar-refractivity contribution in [3.8, 4) is 0 Å². The zero-order chi connectivity index (χ0) is 11.8. The molecule has 83 valence electrons. The Balaban J connectivity index is 2.68. The summed E-state index contributed by atoms with van der Waals surface area (Å²) in [5, 5.41) is 2.20. The molecule has 0 aliphatic heterocycles. The van der Waals surface area contributed by atoms with Crippen molar-refractivity contribution in [2.45, 2.75) is 4.90 Å². The second kappa shape index (κ2) is 4.05. The quantitative estimate of drug-likeness (QED) is 0.775. The van der Waals surface area contributed by atoms with Crippen LogP contribution in [0.4, 0.5) is 0 Å². The van der Waals surface area contributed by atoms with Gasteiger partial charge in [-0.1, -0.05) is 23.7 Å². The fraction of sp³-hybridized carbons (Fsp3) is 0. The Morgan fingerprint density at radius 2 is 1.75 bits per heavy atom. The first-order valence-electron chi connectivity index (χ1n) is 4.41. The maximum Gasteiger partial charge on any atom is 0.297 e. The summed E-state index contributed by atoms with van der Waals surface area (Å²) in [4.78, 5) is 0.0669. The van der Waals surface area contributed by atoms with Gasteiger partial charge < -0.3 is 0 Å². The number of benzene rings is 2. The van der Waals surface area contributed by atoms with Crippen molar-refractivity contribution < 1.29 is 12.6 Å². The minimum atomic E-state index is -3.76. The second-order valence-electron chi connectivity index (χ2n) is 3.23. The number of hydrogen-bond acceptors (Lipinski definition) is 3. The molecule has 16 heavy (non-hydrogen) atoms. The molecule has 0 unspecified atom stereocenters. The lowest BCUT2D eigenvalue weighted by atomic mass is 10.1. The Morgan fingerprint density at radius 1 is 1.06 bits per heavy atom. The Hall–Kier alpha value is -1.10. The molecule has 5 heteroatoms. The molecule has 0 amide bonds. The van der Waals surface area contributed by atoms with Gasteiger partial charge in [0.2, 0.25) is 0 Å². The van der Waals surface area contributed by atoms with E-state index in [2.05, 4.69) is 11.3 Å². The molecule has 0 N–H and O–H groups in total. The molecule has 2 rings (SSSR count). The van der Waals surface area contributed by atoms with E-state index in [4.69, 9.17) is 11.6 Å². The third kappa shape index (κ3) is 2.04. The van der Waals surface area contributed by atoms with Gasteiger partial charge in [0.25, 0.3) is 10.1 Å². The zero-order valence-corrected chi connectivity index (χ0v) is 9.75. The summed E-state index contributed by atoms with van der Waals surface area (Å²) < 4.78 is 27.0. The summed E-state index contributed by atoms with van der Waals surface area (Å²) in [5.74, 6) is 0. The van der Waals surface area contributed by atoms with E-state index in [0.717, 1.165) is 10.8 Å². The van der Waals surface area contributed by atoms with Crippen LogP contribution in [0.2, 0.25) is 5.02 Å². The van der Waals surface area contributed by atoms with Crippen molar-refractivity contribution in [1.82, 2.24) is 0 Å². The first-order valence-corrected chi connectivity index (χ1v) is 6.19. The van der Waals surface area contributed by atoms with Gasteiger partial charge in [-0.05, 0) is 35.0 Å². The van der Waals surface area contributed by atoms with Crippen LogP contribution in [0.3, 0.4) is 0 Å². The smallest absolute Gasteiger partial charge is 0.264 e. The van der Waals surface area contributed by atoms with Crippen LogP contribution in [0.25, 0.3) is 10.8 Å². The lowest BCUT2D eigenvalue weighted by Crippen LogP contribution is -2.00. The molecule has 0 aromatic heterocycles. The molecule has 0 heterocycles. The number of rotatable bonds is 2. The SMILES string of the molecule is [CH2]OS(=O)(=O)c1ccc2ccc(Cl)cc2c1. The molecular formula is C11H8ClO3S. The second-order valence-corrected chi connectivity index (χ2v) is 5.28. The van der Waals surface area contributed by atoms with Gasteiger partial charge >= 0.3 is 0 Å². The van der Waals surface area contributed by atoms with Crippen LogP contribution < -0.4 is 0 Å². The molecule has 0 atom stereocenters. The summed E-state index contributed by atoms with van der Waals surface area (Å²) in [5.41, 5.74) is 0. The van der Waals surface area contributed by atoms with Gasteiger partial charge in [-0.2, -0.15) is 8.42 Å². The minimum absolute atomic E-state index is 0.0669. The van der Waals surface area contributed by atoms with Crippen LogP contribution in [0.1, 0.15) is 0 Å². The van der Waals surface area contributed by atoms with Gasteiger partial charge in [-0.3, -0.25) is 4.18 Å². The molecule has 1 radical (unpaired) electrons. The lowest BCUT2D eigenvalue weighted by molar-refractivity contribution is 0.438. The molecule has 0 fully saturated rings. The van der Waals surface area contributed by atoms with Crippen molar-refractivity contribution in [3.05, 3.63) is 48.5 Å². The number of hydrogen-bond donors (Lipinski definition) is 0. The standard InChI is InChI=1S/C11H8ClO3S/c1-15-16(13,14)11-5-3-8-2-4-10(12)6-9(8)7-11/h2-7H,1H2. The van der Waals surface area contributed by atoms with Gasteiger partial charge in [0, 0.05) is 5.02 Å². The van der Waals surface area contributed by atoms with E-state index in [-0.39, 0.29) is 4.90 Å². The van der Waals surface area contributed by atoms with Crippen LogP contribution in [0.5, 0.6) is 0 Å². The van der Waals surface area contributed by atoms with Crippen molar-refractivity contribution in [2.24, 2.45) is 0 Å². The third-order valence-corrected chi connectivity index (χ3v) is 3.59. The molecule has 3 nitrogen and oxygen atoms in total. The number of halogens is 1. The molecule has 0 saturated carbocycles. The van der Waals surface area contributed by atoms with Gasteiger partial charge in [-0.25, -0.2) is 0 Å². The first-order chi connectivity index (χ1) is 7.53. The van der Waals surface area contributed by atoms with Crippen LogP contribution >= 0.6 is 11.6 Å². The Morgan fingerprint density at radius 3 is 2.44 bits per heavy atom. The van der Waals surface area contributed by atoms with E-state index in [9.17, 15) is 8.42 Å². The summed E-state index contributed by atoms with van der Waals surface area (Å²) in [6.45, 7) is 0. The van der Waals surface area contributed by atoms with Crippen LogP contribution in [-0.4, -0.2) is 8.42 Å². The predicted molar refractivity (Wildman–Crippen MR) is 62.6 cm³/mol. The minimum Gasteiger partial charge on any atom is -0.264 e. The summed E-state index contributed by atoms with van der Waals surface area (Å²) >= 11 is 5.83. The summed E-state index contributed by atoms with van der Waals surface area (Å²) in [7, 11) is -0.839. The third-order valence-electron chi connectivity index (χ3n) is 2.22. The lowest BCUT2D eigenvalue weighted by Gasteiger charge is -2.03. The van der Waals surface area contributed by atoms with Crippen molar-refractivity contribution in [3.63, 3.8) is 0 Å². The van der Waals surface area contributed by atoms with Crippen molar-refractivity contribution in [1.29, 1.82) is 0 Å². The first kappa shape index (κ1) is 11.4. The van der Waals surface area contributed by atoms with Gasteiger partial charge in [-0.15, -0.1) is 0 Å². The Labute approximate surface area is 98.7 Å². The molecule has 0 bridgehead atoms. The number of fused-ring (bicyclic) bond motifs is 1. The largest absolute Gasteiger partial charge is 0.297 e. The molecule has 0 aliphatic rings. The van der Waals surface area contributed by atoms with Crippen LogP contribution in [0.15, 0.2) is 41.3 Å². The van der Waals surface area contributed by atoms with E-state index < -0.39 is 10.1 Å². The van der Waals surface area contributed by atoms with Gasteiger partial charge in [0.05, 0.1) is 12.0 Å². The average Bonchev–Trinajstić information content (AvgIpc) is 2.28. The highest BCUT2D eigenvalue weighted by molar-refractivity contribution is 7.86. The Bertz CT molecular complexity index is 635. The van der Waals surface area contributed by atoms with E-state index in [1.165, 1.54) is 12.1 Å². The van der Waals surface area contributed by atoms with E-state index in [1.54, 1.807) is 18.2 Å². The molecule has 2 aromatic carbocycles. The van der Waals surface area contributed by atoms with Crippen molar-refractivity contribution >= 4 is 32.5 Å². The fourth-order valence-electron chi connectivity index (χ4n) is 1.42. The molecule has 0 spiro atoms. The average molecular weight is 256 g/mol. The van der Waals surface area contributed by atoms with E-state index in [0.29, 0.717) is 5.02 Å². The highest BCUT2D eigenvalue weighted by atomic mass is 35.5. The summed E-state index contributed by atoms with van der Waals surface area (Å²) in [6.07, 6.45) is 0. The molecule has 0 saturated heterocycles. The molecular weight excluding hydrogens is 248 g/mol. The van der Waals surface area contributed by atoms with E-state index >= 15 is 0 Å². The molecule has 0 aliphatic carbocycles. The maximum absolute atomic E-state index is 11.4. The van der Waals surface area contributed by atoms with Crippen LogP contribution in [-0.2, 0) is 14.3 Å². The highest BCUT2D eigenvalue weighted by Gasteiger charge is 2.13. The molecule has 2 aromatic rings. The topological polar surface area (TPSA) is 43.4 Å². The van der Waals surface area contributed by atoms with Crippen molar-refractivity contribution in [2.75, 3.05) is 0 Å². The van der Waals surface area contributed by atoms with E-state index in [1.807, 2.05) is 6.07 Å². The van der Waals surface area contributed by atoms with Gasteiger partial charge in [0.1, 0.15) is 0 Å². The zero-order valence-electron chi connectivity index (χ0n) is 8.18. The Kier molecular flexibility index (Phi) is 2.88. The maximum atomic E-state index is 11.4. The normalized spacial score (nSPS) is 11.9. The van der Waals surface area contributed by atoms with Crippen LogP contribution in [0, 0.1) is 7.11 Å². The van der Waals surface area contributed by atoms with Gasteiger partial charge in [0.15, 0.2) is 0 Å². The monoisotopic (exact) mass is 255 g/mol. The predicted octanol–water partition coefficient (Wildman–Crippen LogP) is 2.99.